The number of hydrogen-bond donors (Lipinski definition) is 0. The quantitative estimate of drug-likeness (QED) is 0.753. The fourth-order valence-corrected chi connectivity index (χ4v) is 3.17. The average molecular weight is 369 g/mol. The smallest absolute Gasteiger partial charge is 0.410 e. The molecule has 0 unspecified atom stereocenters. The predicted molar refractivity (Wildman–Crippen MR) is 104 cm³/mol. The minimum atomic E-state index is -0.241. The van der Waals surface area contributed by atoms with E-state index < -0.39 is 0 Å². The van der Waals surface area contributed by atoms with E-state index in [1.807, 2.05) is 30.3 Å². The second-order valence-corrected chi connectivity index (χ2v) is 7.00. The van der Waals surface area contributed by atoms with Crippen molar-refractivity contribution < 1.29 is 19.1 Å². The summed E-state index contributed by atoms with van der Waals surface area (Å²) in [7, 11) is 0. The van der Waals surface area contributed by atoms with E-state index in [1.165, 1.54) is 13.0 Å². The lowest BCUT2D eigenvalue weighted by atomic mass is 9.72. The van der Waals surface area contributed by atoms with Gasteiger partial charge in [0.15, 0.2) is 11.6 Å². The number of ketones is 2. The molecule has 144 valence electrons. The number of likely N-dealkylation sites (tertiary alicyclic amines) is 1. The van der Waals surface area contributed by atoms with Crippen molar-refractivity contribution in [3.8, 4) is 0 Å². The van der Waals surface area contributed by atoms with Crippen LogP contribution in [0.2, 0.25) is 0 Å². The largest absolute Gasteiger partial charge is 0.445 e. The molecule has 0 saturated carbocycles. The van der Waals surface area contributed by atoms with Gasteiger partial charge in [-0.1, -0.05) is 43.0 Å². The van der Waals surface area contributed by atoms with Gasteiger partial charge >= 0.3 is 6.09 Å². The summed E-state index contributed by atoms with van der Waals surface area (Å²) in [4.78, 5) is 34.9. The number of ether oxygens (including phenoxy) is 1. The normalized spacial score (nSPS) is 17.7. The van der Waals surface area contributed by atoms with Gasteiger partial charge < -0.3 is 9.64 Å². The number of hydrogen-bond acceptors (Lipinski definition) is 4. The molecule has 2 aliphatic rings. The number of nitrogens with zero attached hydrogens (tertiary/aromatic N) is 1. The molecule has 3 rings (SSSR count). The van der Waals surface area contributed by atoms with Gasteiger partial charge in [0.05, 0.1) is 0 Å². The van der Waals surface area contributed by atoms with Crippen LogP contribution in [0.3, 0.4) is 0 Å². The van der Waals surface area contributed by atoms with Crippen molar-refractivity contribution in [2.24, 2.45) is 5.41 Å². The van der Waals surface area contributed by atoms with Crippen LogP contribution in [0.4, 0.5) is 4.79 Å². The van der Waals surface area contributed by atoms with Gasteiger partial charge in [0.2, 0.25) is 0 Å². The Balaban J connectivity index is 0.000000465. The molecule has 27 heavy (non-hydrogen) atoms. The van der Waals surface area contributed by atoms with Gasteiger partial charge in [-0.25, -0.2) is 4.79 Å². The molecule has 5 nitrogen and oxygen atoms in total. The second kappa shape index (κ2) is 9.86. The Labute approximate surface area is 160 Å². The first-order chi connectivity index (χ1) is 12.9. The lowest BCUT2D eigenvalue weighted by Gasteiger charge is -2.40. The van der Waals surface area contributed by atoms with Crippen molar-refractivity contribution in [3.63, 3.8) is 0 Å². The second-order valence-electron chi connectivity index (χ2n) is 7.00. The van der Waals surface area contributed by atoms with Gasteiger partial charge in [-0.15, -0.1) is 0 Å². The van der Waals surface area contributed by atoms with Crippen LogP contribution in [-0.2, 0) is 20.9 Å². The number of piperidine rings is 1. The summed E-state index contributed by atoms with van der Waals surface area (Å²) in [5.74, 6) is 0.236. The van der Waals surface area contributed by atoms with Crippen LogP contribution in [0.15, 0.2) is 55.1 Å². The Morgan fingerprint density at radius 1 is 1.19 bits per heavy atom. The van der Waals surface area contributed by atoms with Crippen molar-refractivity contribution >= 4 is 17.7 Å². The summed E-state index contributed by atoms with van der Waals surface area (Å²) in [5, 5.41) is 0. The maximum absolute atomic E-state index is 12.1. The highest BCUT2D eigenvalue weighted by atomic mass is 16.6. The van der Waals surface area contributed by atoms with E-state index in [-0.39, 0.29) is 23.1 Å². The zero-order valence-corrected chi connectivity index (χ0v) is 15.9. The van der Waals surface area contributed by atoms with Crippen molar-refractivity contribution in [1.82, 2.24) is 4.90 Å². The van der Waals surface area contributed by atoms with Gasteiger partial charge in [-0.05, 0) is 49.3 Å². The third-order valence-electron chi connectivity index (χ3n) is 5.00. The van der Waals surface area contributed by atoms with Crippen molar-refractivity contribution in [2.45, 2.75) is 39.2 Å². The molecule has 1 saturated heterocycles. The Kier molecular flexibility index (Phi) is 7.53. The van der Waals surface area contributed by atoms with E-state index in [9.17, 15) is 14.4 Å². The Bertz CT molecular complexity index is 700. The van der Waals surface area contributed by atoms with E-state index in [1.54, 1.807) is 11.0 Å². The molecule has 1 aromatic rings. The van der Waals surface area contributed by atoms with E-state index in [0.717, 1.165) is 24.8 Å². The summed E-state index contributed by atoms with van der Waals surface area (Å²) in [6.07, 6.45) is 8.19. The van der Waals surface area contributed by atoms with Crippen molar-refractivity contribution in [2.75, 3.05) is 13.1 Å². The van der Waals surface area contributed by atoms with Gasteiger partial charge in [0, 0.05) is 19.5 Å². The average Bonchev–Trinajstić information content (AvgIpc) is 2.70. The first-order valence-electron chi connectivity index (χ1n) is 9.25. The Hall–Kier alpha value is -2.69. The maximum atomic E-state index is 12.1. The first-order valence-corrected chi connectivity index (χ1v) is 9.25. The van der Waals surface area contributed by atoms with Crippen LogP contribution in [0.25, 0.3) is 0 Å². The maximum Gasteiger partial charge on any atom is 0.410 e. The van der Waals surface area contributed by atoms with Gasteiger partial charge in [0.25, 0.3) is 0 Å². The van der Waals surface area contributed by atoms with Crippen LogP contribution in [-0.4, -0.2) is 35.6 Å². The molecule has 0 radical (unpaired) electrons. The molecule has 1 aliphatic heterocycles. The fraction of sp³-hybridized carbons (Fsp3) is 0.409. The van der Waals surface area contributed by atoms with E-state index in [2.05, 4.69) is 12.7 Å². The summed E-state index contributed by atoms with van der Waals surface area (Å²) < 4.78 is 5.38. The molecule has 0 N–H and O–H groups in total. The molecule has 1 amide bonds. The molecule has 0 aromatic heterocycles. The van der Waals surface area contributed by atoms with Crippen LogP contribution < -0.4 is 0 Å². The number of carbonyl (C=O) groups is 3. The van der Waals surface area contributed by atoms with Gasteiger partial charge in [0.1, 0.15) is 6.61 Å². The predicted octanol–water partition coefficient (Wildman–Crippen LogP) is 4.09. The molecule has 1 fully saturated rings. The van der Waals surface area contributed by atoms with E-state index in [0.29, 0.717) is 26.1 Å². The fourth-order valence-electron chi connectivity index (χ4n) is 3.17. The van der Waals surface area contributed by atoms with E-state index >= 15 is 0 Å². The molecular formula is C22H27NO4. The third-order valence-corrected chi connectivity index (χ3v) is 5.00. The number of benzene rings is 1. The van der Waals surface area contributed by atoms with Crippen LogP contribution >= 0.6 is 0 Å². The topological polar surface area (TPSA) is 63.7 Å². The minimum Gasteiger partial charge on any atom is -0.445 e. The molecular weight excluding hydrogens is 342 g/mol. The number of allylic oxidation sites excluding steroid dienone is 3. The van der Waals surface area contributed by atoms with Crippen LogP contribution in [0.5, 0.6) is 0 Å². The van der Waals surface area contributed by atoms with Crippen LogP contribution in [0, 0.1) is 5.41 Å². The molecule has 0 bridgehead atoms. The zero-order chi connectivity index (χ0) is 19.7. The Morgan fingerprint density at radius 3 is 2.33 bits per heavy atom. The SMILES string of the molecule is C=CC(C)=O.O=C1C=CC2(CC1)CCN(C(=O)OCc1ccccc1)CC2. The van der Waals surface area contributed by atoms with E-state index in [4.69, 9.17) is 4.74 Å². The highest BCUT2D eigenvalue weighted by Crippen LogP contribution is 2.40. The van der Waals surface area contributed by atoms with Crippen molar-refractivity contribution in [1.29, 1.82) is 0 Å². The number of amides is 1. The van der Waals surface area contributed by atoms with Gasteiger partial charge in [-0.3, -0.25) is 9.59 Å². The zero-order valence-electron chi connectivity index (χ0n) is 15.9. The summed E-state index contributed by atoms with van der Waals surface area (Å²) in [5.41, 5.74) is 1.11. The first kappa shape index (κ1) is 20.6. The summed E-state index contributed by atoms with van der Waals surface area (Å²) >= 11 is 0. The lowest BCUT2D eigenvalue weighted by molar-refractivity contribution is -0.116. The lowest BCUT2D eigenvalue weighted by Crippen LogP contribution is -2.43. The molecule has 1 aromatic carbocycles. The molecule has 1 aliphatic carbocycles. The van der Waals surface area contributed by atoms with Crippen LogP contribution in [0.1, 0.15) is 38.2 Å². The molecule has 0 atom stereocenters. The highest BCUT2D eigenvalue weighted by molar-refractivity contribution is 5.90. The highest BCUT2D eigenvalue weighted by Gasteiger charge is 2.36. The summed E-state index contributed by atoms with van der Waals surface area (Å²) in [6.45, 7) is 6.39. The monoisotopic (exact) mass is 369 g/mol. The molecule has 5 heteroatoms. The van der Waals surface area contributed by atoms with Gasteiger partial charge in [-0.2, -0.15) is 0 Å². The summed E-state index contributed by atoms with van der Waals surface area (Å²) in [6, 6.07) is 9.71. The standard InChI is InChI=1S/C18H21NO3.C4H6O/c20-16-6-8-18(9-7-16)10-12-19(13-11-18)17(21)22-14-15-4-2-1-3-5-15;1-3-4(2)5/h1-6,8H,7,9-14H2;3H,1H2,2H3. The van der Waals surface area contributed by atoms with Crippen molar-refractivity contribution in [3.05, 3.63) is 60.7 Å². The minimum absolute atomic E-state index is 0.0185. The third kappa shape index (κ3) is 6.51. The number of rotatable bonds is 3. The Morgan fingerprint density at radius 2 is 1.81 bits per heavy atom. The molecule has 1 heterocycles. The number of carbonyl (C=O) groups excluding carboxylic acids is 3. The molecule has 1 spiro atoms.